The van der Waals surface area contributed by atoms with E-state index >= 15 is 0 Å². The number of fused-ring (bicyclic) bond motifs is 1. The van der Waals surface area contributed by atoms with Crippen LogP contribution in [0.1, 0.15) is 25.0 Å². The van der Waals surface area contributed by atoms with Gasteiger partial charge < -0.3 is 0 Å². The molecule has 1 aromatic rings. The number of hydrogen-bond donors (Lipinski definition) is 1. The molecule has 0 N–H and O–H groups in total. The largest absolute Gasteiger partial charge is 0.106 e. The Morgan fingerprint density at radius 1 is 1.31 bits per heavy atom. The highest BCUT2D eigenvalue weighted by atomic mass is 33.1. The summed E-state index contributed by atoms with van der Waals surface area (Å²) in [7, 11) is 1.57. The first-order valence-electron chi connectivity index (χ1n) is 4.54. The lowest BCUT2D eigenvalue weighted by atomic mass is 9.90. The lowest BCUT2D eigenvalue weighted by molar-refractivity contribution is 0.391. The molecule has 0 radical (unpaired) electrons. The molecular formula is C11H14S2. The zero-order valence-corrected chi connectivity index (χ0v) is 9.71. The molecule has 0 spiro atoms. The number of rotatable bonds is 1. The SMILES string of the molecule is CC1(C)Cc2cccc(SS)c2C1. The van der Waals surface area contributed by atoms with Crippen molar-refractivity contribution in [3.8, 4) is 0 Å². The minimum atomic E-state index is 0.446. The normalized spacial score (nSPS) is 18.7. The molecule has 2 rings (SSSR count). The summed E-state index contributed by atoms with van der Waals surface area (Å²) in [6, 6.07) is 6.55. The summed E-state index contributed by atoms with van der Waals surface area (Å²) in [5.41, 5.74) is 3.48. The second-order valence-electron chi connectivity index (χ2n) is 4.50. The maximum absolute atomic E-state index is 4.28. The Morgan fingerprint density at radius 2 is 2.08 bits per heavy atom. The molecule has 2 heteroatoms. The Morgan fingerprint density at radius 3 is 2.77 bits per heavy atom. The Hall–Kier alpha value is -0.0800. The highest BCUT2D eigenvalue weighted by Gasteiger charge is 2.29. The number of thiol groups is 1. The van der Waals surface area contributed by atoms with Crippen molar-refractivity contribution in [3.63, 3.8) is 0 Å². The molecule has 0 aromatic heterocycles. The molecule has 1 aliphatic rings. The van der Waals surface area contributed by atoms with Crippen molar-refractivity contribution >= 4 is 22.5 Å². The van der Waals surface area contributed by atoms with Gasteiger partial charge in [0.15, 0.2) is 0 Å². The van der Waals surface area contributed by atoms with Gasteiger partial charge in [0.2, 0.25) is 0 Å². The number of benzene rings is 1. The third-order valence-corrected chi connectivity index (χ3v) is 3.82. The van der Waals surface area contributed by atoms with Crippen LogP contribution in [0.3, 0.4) is 0 Å². The average molecular weight is 210 g/mol. The van der Waals surface area contributed by atoms with Crippen molar-refractivity contribution in [3.05, 3.63) is 29.3 Å². The molecule has 1 aromatic carbocycles. The molecule has 70 valence electrons. The first kappa shape index (κ1) is 9.47. The van der Waals surface area contributed by atoms with Gasteiger partial charge in [-0.05, 0) is 35.4 Å². The van der Waals surface area contributed by atoms with E-state index in [1.807, 2.05) is 0 Å². The summed E-state index contributed by atoms with van der Waals surface area (Å²) in [5, 5.41) is 0. The van der Waals surface area contributed by atoms with Crippen LogP contribution in [0.2, 0.25) is 0 Å². The van der Waals surface area contributed by atoms with E-state index in [0.29, 0.717) is 5.41 Å². The zero-order valence-electron chi connectivity index (χ0n) is 8.00. The Kier molecular flexibility index (Phi) is 2.37. The quantitative estimate of drug-likeness (QED) is 0.544. The molecule has 0 saturated heterocycles. The van der Waals surface area contributed by atoms with Gasteiger partial charge >= 0.3 is 0 Å². The molecule has 0 saturated carbocycles. The van der Waals surface area contributed by atoms with Crippen LogP contribution in [-0.2, 0) is 12.8 Å². The molecular weight excluding hydrogens is 196 g/mol. The Balaban J connectivity index is 2.45. The molecule has 0 unspecified atom stereocenters. The van der Waals surface area contributed by atoms with Gasteiger partial charge in [0, 0.05) is 4.90 Å². The molecule has 13 heavy (non-hydrogen) atoms. The lowest BCUT2D eigenvalue weighted by Gasteiger charge is -2.15. The summed E-state index contributed by atoms with van der Waals surface area (Å²) in [5.74, 6) is 0. The van der Waals surface area contributed by atoms with Crippen LogP contribution in [0.5, 0.6) is 0 Å². The van der Waals surface area contributed by atoms with Gasteiger partial charge in [-0.1, -0.05) is 36.8 Å². The monoisotopic (exact) mass is 210 g/mol. The highest BCUT2D eigenvalue weighted by molar-refractivity contribution is 8.68. The van der Waals surface area contributed by atoms with Crippen molar-refractivity contribution in [2.45, 2.75) is 31.6 Å². The summed E-state index contributed by atoms with van der Waals surface area (Å²) in [4.78, 5) is 1.34. The summed E-state index contributed by atoms with van der Waals surface area (Å²) >= 11 is 4.28. The van der Waals surface area contributed by atoms with Crippen LogP contribution in [0.25, 0.3) is 0 Å². The van der Waals surface area contributed by atoms with Gasteiger partial charge in [0.05, 0.1) is 0 Å². The first-order chi connectivity index (χ1) is 6.12. The predicted octanol–water partition coefficient (Wildman–Crippen LogP) is 3.75. The first-order valence-corrected chi connectivity index (χ1v) is 6.41. The van der Waals surface area contributed by atoms with Crippen molar-refractivity contribution < 1.29 is 0 Å². The van der Waals surface area contributed by atoms with Crippen LogP contribution in [0, 0.1) is 5.41 Å². The third-order valence-electron chi connectivity index (χ3n) is 2.65. The van der Waals surface area contributed by atoms with E-state index in [2.05, 4.69) is 43.7 Å². The highest BCUT2D eigenvalue weighted by Crippen LogP contribution is 2.41. The molecule has 0 aliphatic heterocycles. The van der Waals surface area contributed by atoms with Crippen LogP contribution in [0.15, 0.2) is 23.1 Å². The zero-order chi connectivity index (χ0) is 9.47. The van der Waals surface area contributed by atoms with Gasteiger partial charge in [0.1, 0.15) is 0 Å². The van der Waals surface area contributed by atoms with E-state index in [9.17, 15) is 0 Å². The van der Waals surface area contributed by atoms with Crippen molar-refractivity contribution in [1.29, 1.82) is 0 Å². The van der Waals surface area contributed by atoms with Gasteiger partial charge in [-0.3, -0.25) is 0 Å². The van der Waals surface area contributed by atoms with E-state index in [1.54, 1.807) is 10.8 Å². The van der Waals surface area contributed by atoms with E-state index < -0.39 is 0 Å². The van der Waals surface area contributed by atoms with Crippen LogP contribution in [-0.4, -0.2) is 0 Å². The average Bonchev–Trinajstić information content (AvgIpc) is 2.37. The summed E-state index contributed by atoms with van der Waals surface area (Å²) < 4.78 is 0. The lowest BCUT2D eigenvalue weighted by Crippen LogP contribution is -2.09. The van der Waals surface area contributed by atoms with Crippen molar-refractivity contribution in [1.82, 2.24) is 0 Å². The molecule has 0 bridgehead atoms. The van der Waals surface area contributed by atoms with Gasteiger partial charge in [-0.2, -0.15) is 0 Å². The van der Waals surface area contributed by atoms with Crippen molar-refractivity contribution in [2.75, 3.05) is 0 Å². The fourth-order valence-electron chi connectivity index (χ4n) is 2.12. The fraction of sp³-hybridized carbons (Fsp3) is 0.455. The second kappa shape index (κ2) is 3.25. The van der Waals surface area contributed by atoms with Gasteiger partial charge in [-0.25, -0.2) is 0 Å². The summed E-state index contributed by atoms with van der Waals surface area (Å²) in [6.45, 7) is 4.67. The van der Waals surface area contributed by atoms with E-state index in [4.69, 9.17) is 0 Å². The maximum Gasteiger partial charge on any atom is 0.0215 e. The molecule has 0 amide bonds. The van der Waals surface area contributed by atoms with Gasteiger partial charge in [-0.15, -0.1) is 11.7 Å². The molecule has 0 fully saturated rings. The molecule has 0 heterocycles. The summed E-state index contributed by atoms with van der Waals surface area (Å²) in [6.07, 6.45) is 2.41. The predicted molar refractivity (Wildman–Crippen MR) is 62.5 cm³/mol. The Labute approximate surface area is 88.9 Å². The van der Waals surface area contributed by atoms with Crippen molar-refractivity contribution in [2.24, 2.45) is 5.41 Å². The van der Waals surface area contributed by atoms with E-state index in [-0.39, 0.29) is 0 Å². The smallest absolute Gasteiger partial charge is 0.0215 e. The standard InChI is InChI=1S/C11H14S2/c1-11(2)6-8-4-3-5-10(13-12)9(8)7-11/h3-5,12H,6-7H2,1-2H3. The molecule has 0 atom stereocenters. The fourth-order valence-corrected chi connectivity index (χ4v) is 3.09. The topological polar surface area (TPSA) is 0 Å². The minimum absolute atomic E-state index is 0.446. The number of hydrogen-bond acceptors (Lipinski definition) is 2. The van der Waals surface area contributed by atoms with E-state index in [1.165, 1.54) is 28.9 Å². The van der Waals surface area contributed by atoms with Crippen LogP contribution < -0.4 is 0 Å². The maximum atomic E-state index is 4.28. The Bertz CT molecular complexity index is 329. The van der Waals surface area contributed by atoms with E-state index in [0.717, 1.165) is 0 Å². The van der Waals surface area contributed by atoms with Gasteiger partial charge in [0.25, 0.3) is 0 Å². The second-order valence-corrected chi connectivity index (χ2v) is 5.67. The molecule has 0 nitrogen and oxygen atoms in total. The molecule has 1 aliphatic carbocycles. The third kappa shape index (κ3) is 1.75. The van der Waals surface area contributed by atoms with Crippen LogP contribution >= 0.6 is 22.5 Å². The minimum Gasteiger partial charge on any atom is -0.106 e. The van der Waals surface area contributed by atoms with Crippen LogP contribution in [0.4, 0.5) is 0 Å².